The van der Waals surface area contributed by atoms with Crippen molar-refractivity contribution in [3.63, 3.8) is 0 Å². The molecule has 0 aliphatic rings. The molecular formula is C14H13BrClNO2S. The molecule has 1 unspecified atom stereocenters. The van der Waals surface area contributed by atoms with Gasteiger partial charge in [-0.15, -0.1) is 11.3 Å². The third-order valence-electron chi connectivity index (χ3n) is 2.77. The van der Waals surface area contributed by atoms with Crippen molar-refractivity contribution in [2.45, 2.75) is 12.6 Å². The zero-order valence-electron chi connectivity index (χ0n) is 10.7. The molecule has 0 spiro atoms. The van der Waals surface area contributed by atoms with Crippen LogP contribution in [0, 0.1) is 0 Å². The van der Waals surface area contributed by atoms with Gasteiger partial charge in [0.2, 0.25) is 0 Å². The number of methoxy groups -OCH3 is 1. The third-order valence-corrected chi connectivity index (χ3v) is 4.48. The minimum Gasteiger partial charge on any atom is -0.468 e. The zero-order valence-corrected chi connectivity index (χ0v) is 13.9. The predicted octanol–water partition coefficient (Wildman–Crippen LogP) is 4.17. The summed E-state index contributed by atoms with van der Waals surface area (Å²) in [5, 5.41) is 5.71. The van der Waals surface area contributed by atoms with Crippen LogP contribution in [0.3, 0.4) is 0 Å². The Morgan fingerprint density at radius 2 is 2.30 bits per heavy atom. The molecule has 1 heterocycles. The van der Waals surface area contributed by atoms with E-state index in [1.807, 2.05) is 29.6 Å². The summed E-state index contributed by atoms with van der Waals surface area (Å²) in [6, 6.07) is 8.80. The summed E-state index contributed by atoms with van der Waals surface area (Å²) in [5.41, 5.74) is 0.699. The van der Waals surface area contributed by atoms with E-state index >= 15 is 0 Å². The monoisotopic (exact) mass is 373 g/mol. The molecule has 20 heavy (non-hydrogen) atoms. The number of nitrogens with one attached hydrogen (secondary N) is 1. The van der Waals surface area contributed by atoms with E-state index in [-0.39, 0.29) is 5.97 Å². The summed E-state index contributed by atoms with van der Waals surface area (Å²) in [6.07, 6.45) is 0. The largest absolute Gasteiger partial charge is 0.468 e. The molecular weight excluding hydrogens is 362 g/mol. The summed E-state index contributed by atoms with van der Waals surface area (Å²) < 4.78 is 5.72. The normalized spacial score (nSPS) is 12.2. The number of halogens is 2. The smallest absolute Gasteiger partial charge is 0.327 e. The van der Waals surface area contributed by atoms with Gasteiger partial charge in [0.05, 0.1) is 7.11 Å². The third kappa shape index (κ3) is 3.82. The summed E-state index contributed by atoms with van der Waals surface area (Å²) in [6.45, 7) is 0.584. The molecule has 0 aliphatic carbocycles. The maximum absolute atomic E-state index is 12.0. The molecule has 0 fully saturated rings. The van der Waals surface area contributed by atoms with E-state index in [0.717, 1.165) is 9.35 Å². The van der Waals surface area contributed by atoms with Crippen LogP contribution in [0.1, 0.15) is 16.5 Å². The number of hydrogen-bond donors (Lipinski definition) is 1. The van der Waals surface area contributed by atoms with Crippen molar-refractivity contribution in [3.05, 3.63) is 55.6 Å². The maximum Gasteiger partial charge on any atom is 0.327 e. The lowest BCUT2D eigenvalue weighted by Gasteiger charge is -2.18. The molecule has 0 amide bonds. The van der Waals surface area contributed by atoms with Gasteiger partial charge in [-0.3, -0.25) is 5.32 Å². The second kappa shape index (κ2) is 7.22. The van der Waals surface area contributed by atoms with Crippen LogP contribution in [0.25, 0.3) is 0 Å². The van der Waals surface area contributed by atoms with Crippen molar-refractivity contribution in [2.24, 2.45) is 0 Å². The first-order valence-electron chi connectivity index (χ1n) is 5.90. The van der Waals surface area contributed by atoms with E-state index in [0.29, 0.717) is 17.1 Å². The quantitative estimate of drug-likeness (QED) is 0.798. The Morgan fingerprint density at radius 1 is 1.50 bits per heavy atom. The van der Waals surface area contributed by atoms with Gasteiger partial charge in [-0.2, -0.15) is 0 Å². The number of carbonyl (C=O) groups excluding carboxylic acids is 1. The van der Waals surface area contributed by atoms with Gasteiger partial charge < -0.3 is 4.74 Å². The molecule has 0 aliphatic heterocycles. The van der Waals surface area contributed by atoms with Gasteiger partial charge in [0.15, 0.2) is 0 Å². The Hall–Kier alpha value is -0.880. The number of carbonyl (C=O) groups is 1. The number of hydrogen-bond acceptors (Lipinski definition) is 4. The molecule has 1 N–H and O–H groups in total. The van der Waals surface area contributed by atoms with Crippen molar-refractivity contribution in [3.8, 4) is 0 Å². The molecule has 1 aromatic heterocycles. The van der Waals surface area contributed by atoms with Crippen LogP contribution >= 0.6 is 38.9 Å². The Kier molecular flexibility index (Phi) is 5.60. The Balaban J connectivity index is 2.22. The van der Waals surface area contributed by atoms with E-state index in [1.165, 1.54) is 7.11 Å². The lowest BCUT2D eigenvalue weighted by molar-refractivity contribution is -0.143. The van der Waals surface area contributed by atoms with Crippen molar-refractivity contribution in [1.29, 1.82) is 0 Å². The average Bonchev–Trinajstić information content (AvgIpc) is 2.95. The molecule has 0 saturated carbocycles. The fourth-order valence-corrected chi connectivity index (χ4v) is 3.05. The molecule has 3 nitrogen and oxygen atoms in total. The predicted molar refractivity (Wildman–Crippen MR) is 85.1 cm³/mol. The number of benzene rings is 1. The van der Waals surface area contributed by atoms with Gasteiger partial charge >= 0.3 is 5.97 Å². The zero-order chi connectivity index (χ0) is 14.5. The summed E-state index contributed by atoms with van der Waals surface area (Å²) in [7, 11) is 1.37. The van der Waals surface area contributed by atoms with Gasteiger partial charge in [0.25, 0.3) is 0 Å². The first-order valence-corrected chi connectivity index (χ1v) is 7.95. The topological polar surface area (TPSA) is 38.3 Å². The average molecular weight is 375 g/mol. The lowest BCUT2D eigenvalue weighted by Crippen LogP contribution is -2.29. The van der Waals surface area contributed by atoms with Crippen molar-refractivity contribution >= 4 is 44.8 Å². The van der Waals surface area contributed by atoms with E-state index in [2.05, 4.69) is 21.2 Å². The van der Waals surface area contributed by atoms with Crippen LogP contribution in [-0.4, -0.2) is 13.1 Å². The number of esters is 1. The van der Waals surface area contributed by atoms with Gasteiger partial charge in [0.1, 0.15) is 6.04 Å². The highest BCUT2D eigenvalue weighted by Crippen LogP contribution is 2.28. The summed E-state index contributed by atoms with van der Waals surface area (Å²) in [5.74, 6) is -0.360. The molecule has 2 aromatic rings. The summed E-state index contributed by atoms with van der Waals surface area (Å²) >= 11 is 11.2. The highest BCUT2D eigenvalue weighted by molar-refractivity contribution is 9.10. The fourth-order valence-electron chi connectivity index (χ4n) is 1.79. The number of ether oxygens (including phenoxy) is 1. The highest BCUT2D eigenvalue weighted by Gasteiger charge is 2.23. The number of rotatable bonds is 5. The van der Waals surface area contributed by atoms with E-state index in [1.54, 1.807) is 17.4 Å². The Labute approximate surface area is 135 Å². The van der Waals surface area contributed by atoms with E-state index < -0.39 is 6.04 Å². The molecule has 1 aromatic carbocycles. The van der Waals surface area contributed by atoms with Crippen molar-refractivity contribution in [2.75, 3.05) is 7.11 Å². The van der Waals surface area contributed by atoms with Gasteiger partial charge in [0, 0.05) is 20.9 Å². The van der Waals surface area contributed by atoms with Crippen LogP contribution in [-0.2, 0) is 16.1 Å². The Morgan fingerprint density at radius 3 is 2.95 bits per heavy atom. The minimum absolute atomic E-state index is 0.360. The van der Waals surface area contributed by atoms with Crippen LogP contribution in [0.15, 0.2) is 40.2 Å². The molecule has 6 heteroatoms. The van der Waals surface area contributed by atoms with Crippen molar-refractivity contribution < 1.29 is 9.53 Å². The fraction of sp³-hybridized carbons (Fsp3) is 0.214. The summed E-state index contributed by atoms with van der Waals surface area (Å²) in [4.78, 5) is 13.1. The van der Waals surface area contributed by atoms with Gasteiger partial charge in [-0.1, -0.05) is 33.6 Å². The van der Waals surface area contributed by atoms with Crippen LogP contribution in [0.4, 0.5) is 0 Å². The molecule has 1 atom stereocenters. The minimum atomic E-state index is -0.591. The van der Waals surface area contributed by atoms with Gasteiger partial charge in [-0.05, 0) is 35.2 Å². The molecule has 0 saturated heterocycles. The SMILES string of the molecule is COC(=O)C(NCc1cccs1)c1cc(Br)ccc1Cl. The maximum atomic E-state index is 12.0. The standard InChI is InChI=1S/C14H13BrClNO2S/c1-19-14(18)13(17-8-10-3-2-6-20-10)11-7-9(15)4-5-12(11)16/h2-7,13,17H,8H2,1H3. The van der Waals surface area contributed by atoms with E-state index in [9.17, 15) is 4.79 Å². The second-order valence-corrected chi connectivity index (χ2v) is 6.44. The van der Waals surface area contributed by atoms with Crippen LogP contribution < -0.4 is 5.32 Å². The highest BCUT2D eigenvalue weighted by atomic mass is 79.9. The second-order valence-electron chi connectivity index (χ2n) is 4.08. The molecule has 106 valence electrons. The Bertz CT molecular complexity index is 589. The molecule has 0 radical (unpaired) electrons. The molecule has 2 rings (SSSR count). The van der Waals surface area contributed by atoms with Crippen LogP contribution in [0.5, 0.6) is 0 Å². The number of thiophene rings is 1. The first kappa shape index (κ1) is 15.5. The van der Waals surface area contributed by atoms with Gasteiger partial charge in [-0.25, -0.2) is 4.79 Å². The molecule has 0 bridgehead atoms. The first-order chi connectivity index (χ1) is 9.61. The van der Waals surface area contributed by atoms with E-state index in [4.69, 9.17) is 16.3 Å². The van der Waals surface area contributed by atoms with Crippen LogP contribution in [0.2, 0.25) is 5.02 Å². The van der Waals surface area contributed by atoms with Crippen molar-refractivity contribution in [1.82, 2.24) is 5.32 Å². The lowest BCUT2D eigenvalue weighted by atomic mass is 10.1.